The molecule has 1 heterocycles. The number of carboxylic acid groups (broad SMARTS) is 1. The van der Waals surface area contributed by atoms with Gasteiger partial charge in [-0.1, -0.05) is 11.6 Å². The highest BCUT2D eigenvalue weighted by atomic mass is 35.5. The molecule has 1 saturated heterocycles. The Morgan fingerprint density at radius 1 is 1.16 bits per heavy atom. The van der Waals surface area contributed by atoms with E-state index in [-0.39, 0.29) is 11.5 Å². The van der Waals surface area contributed by atoms with E-state index in [0.717, 1.165) is 0 Å². The van der Waals surface area contributed by atoms with Crippen LogP contribution in [-0.4, -0.2) is 47.3 Å². The number of carboxylic acids is 1. The van der Waals surface area contributed by atoms with Gasteiger partial charge in [-0.25, -0.2) is 9.79 Å². The van der Waals surface area contributed by atoms with E-state index >= 15 is 0 Å². The number of aliphatic imine (C=N–C) groups is 1. The normalized spacial score (nSPS) is 16.3. The van der Waals surface area contributed by atoms with Gasteiger partial charge < -0.3 is 14.6 Å². The van der Waals surface area contributed by atoms with Crippen molar-refractivity contribution < 1.29 is 24.2 Å². The van der Waals surface area contributed by atoms with E-state index in [9.17, 15) is 9.59 Å². The Morgan fingerprint density at radius 3 is 2.35 bits per heavy atom. The maximum absolute atomic E-state index is 12.7. The number of hydrogen-bond donors (Lipinski definition) is 1. The minimum Gasteiger partial charge on any atom is -0.490 e. The lowest BCUT2D eigenvalue weighted by Gasteiger charge is -2.13. The zero-order valence-corrected chi connectivity index (χ0v) is 18.8. The lowest BCUT2D eigenvalue weighted by Crippen LogP contribution is -2.23. The Balaban J connectivity index is 1.91. The maximum atomic E-state index is 12.7. The fraction of sp³-hybridized carbons (Fsp3) is 0.227. The molecule has 0 unspecified atom stereocenters. The number of hydrogen-bond acceptors (Lipinski definition) is 6. The summed E-state index contributed by atoms with van der Waals surface area (Å²) in [6.45, 7) is 4.69. The standard InChI is InChI=1S/C22H21ClN2O5S/c1-4-29-17-10-14(16(23)12-18(17)30-5-2)11-19-20(26)25(3)22(31-19)24-15-8-6-13(7-9-15)21(27)28/h6-12H,4-5H2,1-3H3,(H,27,28)/b19-11-,24-22?. The molecular weight excluding hydrogens is 440 g/mol. The van der Waals surface area contributed by atoms with Crippen molar-refractivity contribution in [3.63, 3.8) is 0 Å². The van der Waals surface area contributed by atoms with Crippen LogP contribution in [0.4, 0.5) is 5.69 Å². The van der Waals surface area contributed by atoms with E-state index in [1.807, 2.05) is 13.8 Å². The third-order valence-electron chi connectivity index (χ3n) is 4.29. The predicted octanol–water partition coefficient (Wildman–Crippen LogP) is 5.07. The number of carbonyl (C=O) groups excluding carboxylic acids is 1. The molecule has 0 aromatic heterocycles. The van der Waals surface area contributed by atoms with E-state index in [2.05, 4.69) is 4.99 Å². The summed E-state index contributed by atoms with van der Waals surface area (Å²) in [6.07, 6.45) is 1.69. The second-order valence-electron chi connectivity index (χ2n) is 6.41. The molecule has 31 heavy (non-hydrogen) atoms. The summed E-state index contributed by atoms with van der Waals surface area (Å²) < 4.78 is 11.2. The summed E-state index contributed by atoms with van der Waals surface area (Å²) in [5.74, 6) is -0.123. The summed E-state index contributed by atoms with van der Waals surface area (Å²) in [5.41, 5.74) is 1.35. The van der Waals surface area contributed by atoms with Gasteiger partial charge in [0.2, 0.25) is 0 Å². The monoisotopic (exact) mass is 460 g/mol. The van der Waals surface area contributed by atoms with Crippen LogP contribution in [0.3, 0.4) is 0 Å². The van der Waals surface area contributed by atoms with E-state index < -0.39 is 5.97 Å². The van der Waals surface area contributed by atoms with Crippen LogP contribution in [0.2, 0.25) is 5.02 Å². The molecular formula is C22H21ClN2O5S. The minimum atomic E-state index is -1.01. The summed E-state index contributed by atoms with van der Waals surface area (Å²) in [5, 5.41) is 9.92. The summed E-state index contributed by atoms with van der Waals surface area (Å²) >= 11 is 7.62. The van der Waals surface area contributed by atoms with Gasteiger partial charge >= 0.3 is 5.97 Å². The summed E-state index contributed by atoms with van der Waals surface area (Å²) in [6, 6.07) is 9.54. The number of carbonyl (C=O) groups is 2. The molecule has 0 spiro atoms. The number of nitrogens with zero attached hydrogens (tertiary/aromatic N) is 2. The molecule has 1 aliphatic heterocycles. The van der Waals surface area contributed by atoms with Crippen LogP contribution in [-0.2, 0) is 4.79 Å². The lowest BCUT2D eigenvalue weighted by atomic mass is 10.1. The van der Waals surface area contributed by atoms with Gasteiger partial charge in [0.1, 0.15) is 0 Å². The molecule has 2 aromatic rings. The first kappa shape index (κ1) is 22.7. The van der Waals surface area contributed by atoms with Crippen LogP contribution in [0.1, 0.15) is 29.8 Å². The topological polar surface area (TPSA) is 88.4 Å². The summed E-state index contributed by atoms with van der Waals surface area (Å²) in [7, 11) is 1.63. The molecule has 2 aromatic carbocycles. The highest BCUT2D eigenvalue weighted by Crippen LogP contribution is 2.38. The largest absolute Gasteiger partial charge is 0.490 e. The van der Waals surface area contributed by atoms with Gasteiger partial charge in [-0.2, -0.15) is 0 Å². The molecule has 9 heteroatoms. The van der Waals surface area contributed by atoms with Crippen LogP contribution in [0.15, 0.2) is 46.3 Å². The van der Waals surface area contributed by atoms with E-state index in [1.165, 1.54) is 28.8 Å². The Kier molecular flexibility index (Phi) is 7.25. The zero-order chi connectivity index (χ0) is 22.5. The van der Waals surface area contributed by atoms with Crippen molar-refractivity contribution in [2.24, 2.45) is 4.99 Å². The van der Waals surface area contributed by atoms with Crippen molar-refractivity contribution in [3.05, 3.63) is 57.5 Å². The van der Waals surface area contributed by atoms with Gasteiger partial charge in [0, 0.05) is 13.1 Å². The summed E-state index contributed by atoms with van der Waals surface area (Å²) in [4.78, 5) is 30.1. The molecule has 0 aliphatic carbocycles. The van der Waals surface area contributed by atoms with Gasteiger partial charge in [0.05, 0.1) is 34.4 Å². The highest BCUT2D eigenvalue weighted by Gasteiger charge is 2.30. The van der Waals surface area contributed by atoms with Crippen LogP contribution < -0.4 is 9.47 Å². The molecule has 1 aliphatic rings. The fourth-order valence-corrected chi connectivity index (χ4v) is 3.97. The molecule has 3 rings (SSSR count). The van der Waals surface area contributed by atoms with Crippen molar-refractivity contribution >= 4 is 52.2 Å². The van der Waals surface area contributed by atoms with Crippen molar-refractivity contribution in [1.29, 1.82) is 0 Å². The van der Waals surface area contributed by atoms with Crippen LogP contribution in [0, 0.1) is 0 Å². The van der Waals surface area contributed by atoms with Crippen molar-refractivity contribution in [2.45, 2.75) is 13.8 Å². The first-order valence-electron chi connectivity index (χ1n) is 9.52. The van der Waals surface area contributed by atoms with Gasteiger partial charge in [-0.3, -0.25) is 9.69 Å². The molecule has 1 N–H and O–H groups in total. The molecule has 162 valence electrons. The van der Waals surface area contributed by atoms with Crippen molar-refractivity contribution in [3.8, 4) is 11.5 Å². The van der Waals surface area contributed by atoms with Gasteiger partial charge in [0.25, 0.3) is 5.91 Å². The lowest BCUT2D eigenvalue weighted by molar-refractivity contribution is -0.121. The van der Waals surface area contributed by atoms with E-state index in [1.54, 1.807) is 37.4 Å². The molecule has 0 saturated carbocycles. The number of aromatic carboxylic acids is 1. The number of halogens is 1. The zero-order valence-electron chi connectivity index (χ0n) is 17.2. The number of likely N-dealkylation sites (N-methyl/N-ethyl adjacent to an activating group) is 1. The van der Waals surface area contributed by atoms with Gasteiger partial charge in [-0.05, 0) is 67.6 Å². The average Bonchev–Trinajstić information content (AvgIpc) is 3.00. The Morgan fingerprint density at radius 2 is 1.77 bits per heavy atom. The third-order valence-corrected chi connectivity index (χ3v) is 5.68. The minimum absolute atomic E-state index is 0.170. The van der Waals surface area contributed by atoms with E-state index in [4.69, 9.17) is 26.2 Å². The average molecular weight is 461 g/mol. The molecule has 7 nitrogen and oxygen atoms in total. The Labute approximate surface area is 189 Å². The van der Waals surface area contributed by atoms with Crippen LogP contribution in [0.25, 0.3) is 6.08 Å². The van der Waals surface area contributed by atoms with Gasteiger partial charge in [-0.15, -0.1) is 0 Å². The quantitative estimate of drug-likeness (QED) is 0.580. The number of amides is 1. The Bertz CT molecular complexity index is 1070. The Hall–Kier alpha value is -2.97. The van der Waals surface area contributed by atoms with Crippen molar-refractivity contribution in [1.82, 2.24) is 4.90 Å². The molecule has 1 fully saturated rings. The number of rotatable bonds is 7. The van der Waals surface area contributed by atoms with Gasteiger partial charge in [0.15, 0.2) is 16.7 Å². The van der Waals surface area contributed by atoms with E-state index in [0.29, 0.717) is 51.1 Å². The maximum Gasteiger partial charge on any atom is 0.335 e. The number of thioether (sulfide) groups is 1. The molecule has 0 bridgehead atoms. The number of benzene rings is 2. The number of ether oxygens (including phenoxy) is 2. The first-order chi connectivity index (χ1) is 14.8. The van der Waals surface area contributed by atoms with Crippen molar-refractivity contribution in [2.75, 3.05) is 20.3 Å². The smallest absolute Gasteiger partial charge is 0.335 e. The molecule has 0 radical (unpaired) electrons. The SMILES string of the molecule is CCOc1cc(Cl)c(/C=C2\SC(=Nc3ccc(C(=O)O)cc3)N(C)C2=O)cc1OCC. The fourth-order valence-electron chi connectivity index (χ4n) is 2.78. The first-order valence-corrected chi connectivity index (χ1v) is 10.7. The van der Waals surface area contributed by atoms with Crippen LogP contribution >= 0.6 is 23.4 Å². The highest BCUT2D eigenvalue weighted by molar-refractivity contribution is 8.18. The van der Waals surface area contributed by atoms with Crippen LogP contribution in [0.5, 0.6) is 11.5 Å². The molecule has 0 atom stereocenters. The second kappa shape index (κ2) is 9.89. The molecule has 1 amide bonds. The second-order valence-corrected chi connectivity index (χ2v) is 7.82. The third kappa shape index (κ3) is 5.21. The number of amidine groups is 1. The predicted molar refractivity (Wildman–Crippen MR) is 123 cm³/mol.